The van der Waals surface area contributed by atoms with Crippen LogP contribution in [-0.4, -0.2) is 21.4 Å². The molecule has 1 aliphatic heterocycles. The van der Waals surface area contributed by atoms with Crippen molar-refractivity contribution in [2.45, 2.75) is 52.6 Å². The Hall–Kier alpha value is -2.13. The van der Waals surface area contributed by atoms with Crippen molar-refractivity contribution < 1.29 is 0 Å². The Morgan fingerprint density at radius 2 is 1.92 bits per heavy atom. The molecule has 3 aromatic rings. The number of para-hydroxylation sites is 1. The van der Waals surface area contributed by atoms with Gasteiger partial charge in [-0.05, 0) is 68.5 Å². The first-order valence-corrected chi connectivity index (χ1v) is 9.37. The van der Waals surface area contributed by atoms with E-state index in [1.165, 1.54) is 47.0 Å². The van der Waals surface area contributed by atoms with Crippen molar-refractivity contribution in [1.29, 1.82) is 0 Å². The Morgan fingerprint density at radius 1 is 1.04 bits per heavy atom. The van der Waals surface area contributed by atoms with Gasteiger partial charge in [-0.2, -0.15) is 0 Å². The lowest BCUT2D eigenvalue weighted by atomic mass is 9.99. The zero-order valence-corrected chi connectivity index (χ0v) is 15.5. The van der Waals surface area contributed by atoms with Crippen molar-refractivity contribution in [2.75, 3.05) is 6.54 Å². The van der Waals surface area contributed by atoms with Gasteiger partial charge in [0.15, 0.2) is 0 Å². The molecular formula is C22H27N3. The van der Waals surface area contributed by atoms with Crippen molar-refractivity contribution in [2.24, 2.45) is 0 Å². The fraction of sp³-hybridized carbons (Fsp3) is 0.409. The van der Waals surface area contributed by atoms with E-state index in [0.717, 1.165) is 24.4 Å². The van der Waals surface area contributed by atoms with Gasteiger partial charge in [-0.3, -0.25) is 4.90 Å². The lowest BCUT2D eigenvalue weighted by Crippen LogP contribution is -2.33. The molecular weight excluding hydrogens is 306 g/mol. The summed E-state index contributed by atoms with van der Waals surface area (Å²) in [5, 5.41) is 0. The van der Waals surface area contributed by atoms with Gasteiger partial charge in [0.25, 0.3) is 0 Å². The molecule has 0 aliphatic carbocycles. The van der Waals surface area contributed by atoms with Crippen LogP contribution in [0.2, 0.25) is 0 Å². The van der Waals surface area contributed by atoms with Gasteiger partial charge in [0.05, 0.1) is 17.1 Å². The highest BCUT2D eigenvalue weighted by Crippen LogP contribution is 2.32. The molecule has 3 nitrogen and oxygen atoms in total. The number of likely N-dealkylation sites (tertiary alicyclic amines) is 1. The van der Waals surface area contributed by atoms with E-state index in [0.29, 0.717) is 6.04 Å². The molecule has 4 rings (SSSR count). The molecule has 1 atom stereocenters. The first-order valence-electron chi connectivity index (χ1n) is 9.37. The second-order valence-corrected chi connectivity index (χ2v) is 7.49. The van der Waals surface area contributed by atoms with Crippen LogP contribution in [0.5, 0.6) is 0 Å². The number of hydrogen-bond acceptors (Lipinski definition) is 2. The molecule has 1 fully saturated rings. The maximum atomic E-state index is 4.92. The van der Waals surface area contributed by atoms with Crippen LogP contribution in [0.15, 0.2) is 36.4 Å². The molecule has 1 unspecified atom stereocenters. The molecule has 0 spiro atoms. The molecule has 0 radical (unpaired) electrons. The second-order valence-electron chi connectivity index (χ2n) is 7.49. The van der Waals surface area contributed by atoms with E-state index in [1.807, 2.05) is 0 Å². The Labute approximate surface area is 150 Å². The normalized spacial score (nSPS) is 18.8. The molecule has 130 valence electrons. The molecule has 2 heterocycles. The number of piperidine rings is 1. The van der Waals surface area contributed by atoms with E-state index in [1.54, 1.807) is 0 Å². The number of hydrogen-bond donors (Lipinski definition) is 1. The molecule has 1 aliphatic rings. The first-order chi connectivity index (χ1) is 12.1. The number of nitrogens with zero attached hydrogens (tertiary/aromatic N) is 2. The summed E-state index contributed by atoms with van der Waals surface area (Å²) < 4.78 is 0. The highest BCUT2D eigenvalue weighted by atomic mass is 15.2. The Morgan fingerprint density at radius 3 is 2.72 bits per heavy atom. The maximum absolute atomic E-state index is 4.92. The van der Waals surface area contributed by atoms with Gasteiger partial charge < -0.3 is 4.98 Å². The van der Waals surface area contributed by atoms with Gasteiger partial charge >= 0.3 is 0 Å². The van der Waals surface area contributed by atoms with Crippen LogP contribution in [0.25, 0.3) is 11.0 Å². The minimum absolute atomic E-state index is 0.391. The highest BCUT2D eigenvalue weighted by molar-refractivity contribution is 5.78. The molecule has 0 bridgehead atoms. The quantitative estimate of drug-likeness (QED) is 0.713. The van der Waals surface area contributed by atoms with Crippen LogP contribution < -0.4 is 0 Å². The molecule has 25 heavy (non-hydrogen) atoms. The van der Waals surface area contributed by atoms with Crippen LogP contribution in [0.1, 0.15) is 53.4 Å². The monoisotopic (exact) mass is 333 g/mol. The summed E-state index contributed by atoms with van der Waals surface area (Å²) in [7, 11) is 0. The van der Waals surface area contributed by atoms with Crippen molar-refractivity contribution in [3.8, 4) is 0 Å². The van der Waals surface area contributed by atoms with E-state index in [-0.39, 0.29) is 0 Å². The molecule has 0 amide bonds. The zero-order chi connectivity index (χ0) is 17.4. The molecule has 3 heteroatoms. The number of benzene rings is 2. The van der Waals surface area contributed by atoms with E-state index < -0.39 is 0 Å². The number of fused-ring (bicyclic) bond motifs is 1. The average Bonchev–Trinajstić information content (AvgIpc) is 3.04. The number of nitrogens with one attached hydrogen (secondary N) is 1. The number of H-pyrrole nitrogens is 1. The molecule has 1 saturated heterocycles. The van der Waals surface area contributed by atoms with Gasteiger partial charge in [-0.25, -0.2) is 4.98 Å². The summed E-state index contributed by atoms with van der Waals surface area (Å²) in [5.41, 5.74) is 7.70. The van der Waals surface area contributed by atoms with Crippen LogP contribution in [0.4, 0.5) is 0 Å². The van der Waals surface area contributed by atoms with Crippen LogP contribution in [-0.2, 0) is 6.54 Å². The molecule has 2 aromatic carbocycles. The summed E-state index contributed by atoms with van der Waals surface area (Å²) in [4.78, 5) is 11.1. The summed E-state index contributed by atoms with van der Waals surface area (Å²) >= 11 is 0. The van der Waals surface area contributed by atoms with Crippen LogP contribution in [0.3, 0.4) is 0 Å². The Kier molecular flexibility index (Phi) is 4.34. The van der Waals surface area contributed by atoms with Gasteiger partial charge in [-0.1, -0.05) is 36.8 Å². The van der Waals surface area contributed by atoms with Crippen molar-refractivity contribution in [3.05, 3.63) is 64.5 Å². The summed E-state index contributed by atoms with van der Waals surface area (Å²) in [6.07, 6.45) is 3.74. The largest absolute Gasteiger partial charge is 0.340 e. The smallest absolute Gasteiger partial charge is 0.124 e. The lowest BCUT2D eigenvalue weighted by molar-refractivity contribution is 0.134. The first kappa shape index (κ1) is 16.3. The third-order valence-corrected chi connectivity index (χ3v) is 5.63. The topological polar surface area (TPSA) is 31.9 Å². The predicted octanol–water partition coefficient (Wildman–Crippen LogP) is 5.22. The zero-order valence-electron chi connectivity index (χ0n) is 15.5. The van der Waals surface area contributed by atoms with Crippen molar-refractivity contribution >= 4 is 11.0 Å². The number of aromatic amines is 1. The predicted molar refractivity (Wildman–Crippen MR) is 104 cm³/mol. The number of aryl methyl sites for hydroxylation is 3. The van der Waals surface area contributed by atoms with Gasteiger partial charge in [0, 0.05) is 6.54 Å². The van der Waals surface area contributed by atoms with E-state index in [4.69, 9.17) is 4.98 Å². The summed E-state index contributed by atoms with van der Waals surface area (Å²) in [6, 6.07) is 13.6. The molecule has 1 N–H and O–H groups in total. The third-order valence-electron chi connectivity index (χ3n) is 5.63. The van der Waals surface area contributed by atoms with E-state index in [2.05, 4.69) is 67.1 Å². The fourth-order valence-corrected chi connectivity index (χ4v) is 3.98. The van der Waals surface area contributed by atoms with Crippen molar-refractivity contribution in [3.63, 3.8) is 0 Å². The van der Waals surface area contributed by atoms with E-state index >= 15 is 0 Å². The van der Waals surface area contributed by atoms with Gasteiger partial charge in [0.2, 0.25) is 0 Å². The number of imidazole rings is 1. The van der Waals surface area contributed by atoms with Crippen molar-refractivity contribution in [1.82, 2.24) is 14.9 Å². The minimum atomic E-state index is 0.391. The SMILES string of the molecule is Cc1ccc(CN2CCCCC2c2nc3cccc(C)c3[nH]2)cc1C. The van der Waals surface area contributed by atoms with Gasteiger partial charge in [0.1, 0.15) is 5.82 Å². The van der Waals surface area contributed by atoms with Crippen LogP contribution >= 0.6 is 0 Å². The standard InChI is InChI=1S/C22H27N3/c1-15-10-11-18(13-17(15)3)14-25-12-5-4-9-20(25)22-23-19-8-6-7-16(2)21(19)24-22/h6-8,10-11,13,20H,4-5,9,12,14H2,1-3H3,(H,23,24). The highest BCUT2D eigenvalue weighted by Gasteiger charge is 2.26. The van der Waals surface area contributed by atoms with Crippen LogP contribution in [0, 0.1) is 20.8 Å². The van der Waals surface area contributed by atoms with Gasteiger partial charge in [-0.15, -0.1) is 0 Å². The Balaban J connectivity index is 1.63. The molecule has 1 aromatic heterocycles. The lowest BCUT2D eigenvalue weighted by Gasteiger charge is -2.34. The van der Waals surface area contributed by atoms with E-state index in [9.17, 15) is 0 Å². The number of rotatable bonds is 3. The maximum Gasteiger partial charge on any atom is 0.124 e. The average molecular weight is 333 g/mol. The third kappa shape index (κ3) is 3.21. The second kappa shape index (κ2) is 6.64. The summed E-state index contributed by atoms with van der Waals surface area (Å²) in [6.45, 7) is 8.68. The Bertz CT molecular complexity index is 893. The summed E-state index contributed by atoms with van der Waals surface area (Å²) in [5.74, 6) is 1.13. The fourth-order valence-electron chi connectivity index (χ4n) is 3.98. The minimum Gasteiger partial charge on any atom is -0.340 e. The number of aromatic nitrogens is 2. The molecule has 0 saturated carbocycles.